The molecule has 0 spiro atoms. The van der Waals surface area contributed by atoms with Crippen molar-refractivity contribution in [2.45, 2.75) is 65.1 Å². The second-order valence-electron chi connectivity index (χ2n) is 7.87. The van der Waals surface area contributed by atoms with E-state index in [1.54, 1.807) is 0 Å². The smallest absolute Gasteiger partial charge is 0.191 e. The number of pyridine rings is 1. The molecule has 2 rings (SSSR count). The summed E-state index contributed by atoms with van der Waals surface area (Å²) in [4.78, 5) is 13.8. The van der Waals surface area contributed by atoms with Crippen LogP contribution in [-0.2, 0) is 0 Å². The van der Waals surface area contributed by atoms with Gasteiger partial charge in [0.15, 0.2) is 5.96 Å². The van der Waals surface area contributed by atoms with Crippen molar-refractivity contribution in [2.75, 3.05) is 38.1 Å². The summed E-state index contributed by atoms with van der Waals surface area (Å²) in [5.74, 6) is 2.00. The van der Waals surface area contributed by atoms with Crippen LogP contribution in [0.15, 0.2) is 29.4 Å². The van der Waals surface area contributed by atoms with Gasteiger partial charge in [0.25, 0.3) is 0 Å². The summed E-state index contributed by atoms with van der Waals surface area (Å²) >= 11 is 0. The zero-order valence-electron chi connectivity index (χ0n) is 17.8. The van der Waals surface area contributed by atoms with E-state index in [4.69, 9.17) is 0 Å². The van der Waals surface area contributed by atoms with Gasteiger partial charge < -0.3 is 15.5 Å². The van der Waals surface area contributed by atoms with Gasteiger partial charge in [-0.1, -0.05) is 6.07 Å². The Kier molecular flexibility index (Phi) is 8.85. The fraction of sp³-hybridized carbons (Fsp3) is 0.714. The van der Waals surface area contributed by atoms with Crippen molar-refractivity contribution in [1.82, 2.24) is 20.5 Å². The molecule has 0 radical (unpaired) electrons. The van der Waals surface area contributed by atoms with E-state index < -0.39 is 0 Å². The lowest BCUT2D eigenvalue weighted by Gasteiger charge is -2.34. The van der Waals surface area contributed by atoms with Crippen LogP contribution >= 0.6 is 0 Å². The minimum absolute atomic E-state index is 0.471. The summed E-state index contributed by atoms with van der Waals surface area (Å²) in [5.41, 5.74) is 0. The molecule has 0 atom stereocenters. The zero-order chi connectivity index (χ0) is 19.6. The molecule has 1 aliphatic heterocycles. The molecule has 1 aromatic rings. The fourth-order valence-corrected chi connectivity index (χ4v) is 3.76. The number of anilines is 1. The van der Waals surface area contributed by atoms with Gasteiger partial charge in [-0.2, -0.15) is 0 Å². The summed E-state index contributed by atoms with van der Waals surface area (Å²) < 4.78 is 0. The van der Waals surface area contributed by atoms with Crippen molar-refractivity contribution in [3.8, 4) is 0 Å². The quantitative estimate of drug-likeness (QED) is 0.416. The highest BCUT2D eigenvalue weighted by Crippen LogP contribution is 2.17. The zero-order valence-corrected chi connectivity index (χ0v) is 17.8. The first-order chi connectivity index (χ1) is 13.0. The number of guanidine groups is 1. The number of piperidine rings is 1. The summed E-state index contributed by atoms with van der Waals surface area (Å²) in [5, 5.41) is 7.07. The van der Waals surface area contributed by atoms with E-state index in [0.29, 0.717) is 18.1 Å². The maximum Gasteiger partial charge on any atom is 0.191 e. The molecular weight excluding hydrogens is 336 g/mol. The average molecular weight is 375 g/mol. The number of hydrogen-bond acceptors (Lipinski definition) is 4. The summed E-state index contributed by atoms with van der Waals surface area (Å²) in [7, 11) is 1.85. The number of aliphatic imine (C=N–C) groups is 1. The summed E-state index contributed by atoms with van der Waals surface area (Å²) in [6.07, 6.45) is 5.19. The predicted octanol–water partition coefficient (Wildman–Crippen LogP) is 2.72. The van der Waals surface area contributed by atoms with Gasteiger partial charge >= 0.3 is 0 Å². The van der Waals surface area contributed by atoms with Crippen LogP contribution in [-0.4, -0.2) is 67.2 Å². The Hall–Kier alpha value is -1.82. The lowest BCUT2D eigenvalue weighted by molar-refractivity contribution is 0.173. The van der Waals surface area contributed by atoms with Gasteiger partial charge in [0.1, 0.15) is 5.82 Å². The molecule has 6 heteroatoms. The average Bonchev–Trinajstić information content (AvgIpc) is 2.67. The maximum atomic E-state index is 4.46. The largest absolute Gasteiger partial charge is 0.356 e. The first kappa shape index (κ1) is 21.5. The Morgan fingerprint density at radius 2 is 1.93 bits per heavy atom. The van der Waals surface area contributed by atoms with Crippen LogP contribution in [0.4, 0.5) is 5.82 Å². The van der Waals surface area contributed by atoms with Crippen LogP contribution in [0.5, 0.6) is 0 Å². The first-order valence-corrected chi connectivity index (χ1v) is 10.4. The van der Waals surface area contributed by atoms with E-state index in [1.165, 1.54) is 0 Å². The highest BCUT2D eigenvalue weighted by atomic mass is 15.2. The van der Waals surface area contributed by atoms with Crippen molar-refractivity contribution in [1.29, 1.82) is 0 Å². The third-order valence-corrected chi connectivity index (χ3v) is 5.24. The van der Waals surface area contributed by atoms with Crippen molar-refractivity contribution in [3.05, 3.63) is 24.4 Å². The standard InChI is InChI=1S/C21H38N6/c1-17(2)27(18(3)4)14-8-13-24-21(22-5)25-19-10-15-26(16-11-19)20-9-6-7-12-23-20/h6-7,9,12,17-19H,8,10-11,13-16H2,1-5H3,(H2,22,24,25). The third kappa shape index (κ3) is 7.01. The fourth-order valence-electron chi connectivity index (χ4n) is 3.76. The molecule has 0 amide bonds. The Morgan fingerprint density at radius 1 is 1.22 bits per heavy atom. The van der Waals surface area contributed by atoms with Crippen molar-refractivity contribution in [3.63, 3.8) is 0 Å². The highest BCUT2D eigenvalue weighted by Gasteiger charge is 2.20. The minimum atomic E-state index is 0.471. The molecule has 0 saturated carbocycles. The lowest BCUT2D eigenvalue weighted by Crippen LogP contribution is -2.49. The SMILES string of the molecule is CN=C(NCCCN(C(C)C)C(C)C)NC1CCN(c2ccccn2)CC1. The van der Waals surface area contributed by atoms with E-state index in [2.05, 4.69) is 70.2 Å². The Morgan fingerprint density at radius 3 is 2.48 bits per heavy atom. The molecule has 1 saturated heterocycles. The van der Waals surface area contributed by atoms with Crippen LogP contribution < -0.4 is 15.5 Å². The molecule has 0 bridgehead atoms. The summed E-state index contributed by atoms with van der Waals surface area (Å²) in [6, 6.07) is 7.76. The summed E-state index contributed by atoms with van der Waals surface area (Å²) in [6.45, 7) is 13.2. The van der Waals surface area contributed by atoms with Crippen LogP contribution in [0.3, 0.4) is 0 Å². The van der Waals surface area contributed by atoms with Gasteiger partial charge in [-0.05, 0) is 59.1 Å². The van der Waals surface area contributed by atoms with Crippen LogP contribution in [0.2, 0.25) is 0 Å². The highest BCUT2D eigenvalue weighted by molar-refractivity contribution is 5.79. The monoisotopic (exact) mass is 374 g/mol. The van der Waals surface area contributed by atoms with Gasteiger partial charge in [-0.3, -0.25) is 9.89 Å². The molecule has 1 aliphatic rings. The Bertz CT molecular complexity index is 541. The molecule has 152 valence electrons. The van der Waals surface area contributed by atoms with Gasteiger partial charge in [0.2, 0.25) is 0 Å². The van der Waals surface area contributed by atoms with Gasteiger partial charge in [-0.25, -0.2) is 4.98 Å². The molecule has 0 unspecified atom stereocenters. The van der Waals surface area contributed by atoms with Gasteiger partial charge in [0.05, 0.1) is 0 Å². The molecule has 6 nitrogen and oxygen atoms in total. The normalized spacial score (nSPS) is 16.4. The van der Waals surface area contributed by atoms with Crippen molar-refractivity contribution in [2.24, 2.45) is 4.99 Å². The van der Waals surface area contributed by atoms with Crippen molar-refractivity contribution >= 4 is 11.8 Å². The van der Waals surface area contributed by atoms with Crippen LogP contribution in [0, 0.1) is 0 Å². The minimum Gasteiger partial charge on any atom is -0.356 e. The molecule has 2 heterocycles. The van der Waals surface area contributed by atoms with Gasteiger partial charge in [0, 0.05) is 57.5 Å². The second kappa shape index (κ2) is 11.1. The van der Waals surface area contributed by atoms with Gasteiger partial charge in [-0.15, -0.1) is 0 Å². The molecule has 1 fully saturated rings. The van der Waals surface area contributed by atoms with E-state index in [0.717, 1.165) is 57.2 Å². The third-order valence-electron chi connectivity index (χ3n) is 5.24. The molecular formula is C21H38N6. The molecule has 1 aromatic heterocycles. The molecule has 0 aromatic carbocycles. The predicted molar refractivity (Wildman–Crippen MR) is 116 cm³/mol. The number of nitrogens with one attached hydrogen (secondary N) is 2. The number of aromatic nitrogens is 1. The van der Waals surface area contributed by atoms with E-state index in [1.807, 2.05) is 19.3 Å². The first-order valence-electron chi connectivity index (χ1n) is 10.4. The molecule has 27 heavy (non-hydrogen) atoms. The lowest BCUT2D eigenvalue weighted by atomic mass is 10.1. The second-order valence-corrected chi connectivity index (χ2v) is 7.87. The van der Waals surface area contributed by atoms with Crippen LogP contribution in [0.1, 0.15) is 47.0 Å². The Labute approximate surface area is 165 Å². The number of nitrogens with zero attached hydrogens (tertiary/aromatic N) is 4. The number of hydrogen-bond donors (Lipinski definition) is 2. The van der Waals surface area contributed by atoms with E-state index in [9.17, 15) is 0 Å². The molecule has 0 aliphatic carbocycles. The number of rotatable bonds is 8. The Balaban J connectivity index is 1.69. The maximum absolute atomic E-state index is 4.46. The van der Waals surface area contributed by atoms with E-state index >= 15 is 0 Å². The molecule has 2 N–H and O–H groups in total. The van der Waals surface area contributed by atoms with Crippen molar-refractivity contribution < 1.29 is 0 Å². The van der Waals surface area contributed by atoms with Crippen LogP contribution in [0.25, 0.3) is 0 Å². The topological polar surface area (TPSA) is 55.8 Å². The van der Waals surface area contributed by atoms with E-state index in [-0.39, 0.29) is 0 Å².